The molecule has 0 bridgehead atoms. The Morgan fingerprint density at radius 2 is 0.392 bits per heavy atom. The molecule has 0 aromatic carbocycles. The molecule has 0 aliphatic heterocycles. The van der Waals surface area contributed by atoms with Crippen LogP contribution in [-0.4, -0.2) is 24.8 Å². The van der Waals surface area contributed by atoms with Gasteiger partial charge < -0.3 is 29.0 Å². The van der Waals surface area contributed by atoms with E-state index in [0.717, 1.165) is 19.3 Å². The fraction of sp³-hybridized carbons (Fsp3) is 1.00. The Hall–Kier alpha value is 0.884. The first-order valence-electron chi connectivity index (χ1n) is 23.1. The van der Waals surface area contributed by atoms with Gasteiger partial charge in [0.25, 0.3) is 0 Å². The van der Waals surface area contributed by atoms with E-state index in [0.29, 0.717) is 19.7 Å². The second-order valence-electron chi connectivity index (χ2n) is 15.3. The SMILES string of the molecule is CCCCCCCCCCCCCCCCCC[NH-].CCCCCCCCCCCCCCCCCC[NH-].CCCCCCCCCCO.[Cl-].[Ti+2]. The third-order valence-corrected chi connectivity index (χ3v) is 10.1. The Morgan fingerprint density at radius 3 is 0.529 bits per heavy atom. The number of aliphatic hydroxyl groups is 1. The van der Waals surface area contributed by atoms with E-state index in [1.807, 2.05) is 0 Å². The van der Waals surface area contributed by atoms with Gasteiger partial charge in [-0.2, -0.15) is 13.1 Å². The number of unbranched alkanes of at least 4 members (excludes halogenated alkanes) is 37. The molecule has 0 radical (unpaired) electrons. The molecular formula is C46H98ClN2OTi-. The van der Waals surface area contributed by atoms with E-state index in [9.17, 15) is 0 Å². The van der Waals surface area contributed by atoms with Gasteiger partial charge in [0.2, 0.25) is 0 Å². The molecule has 0 aliphatic carbocycles. The van der Waals surface area contributed by atoms with Crippen molar-refractivity contribution in [3.05, 3.63) is 11.5 Å². The van der Waals surface area contributed by atoms with Gasteiger partial charge in [0.15, 0.2) is 0 Å². The van der Waals surface area contributed by atoms with E-state index in [1.165, 1.54) is 238 Å². The molecule has 0 atom stereocenters. The summed E-state index contributed by atoms with van der Waals surface area (Å²) in [6, 6.07) is 0. The van der Waals surface area contributed by atoms with Gasteiger partial charge in [0.1, 0.15) is 0 Å². The van der Waals surface area contributed by atoms with Crippen LogP contribution in [0.15, 0.2) is 0 Å². The number of rotatable bonds is 40. The third kappa shape index (κ3) is 72.7. The van der Waals surface area contributed by atoms with Gasteiger partial charge in [0, 0.05) is 6.61 Å². The van der Waals surface area contributed by atoms with Gasteiger partial charge in [-0.15, -0.1) is 0 Å². The van der Waals surface area contributed by atoms with Crippen LogP contribution < -0.4 is 12.4 Å². The summed E-state index contributed by atoms with van der Waals surface area (Å²) in [4.78, 5) is 0. The van der Waals surface area contributed by atoms with Crippen LogP contribution in [0.3, 0.4) is 0 Å². The minimum atomic E-state index is 0. The van der Waals surface area contributed by atoms with Gasteiger partial charge in [-0.05, 0) is 6.42 Å². The molecule has 0 aliphatic rings. The van der Waals surface area contributed by atoms with Crippen molar-refractivity contribution >= 4 is 0 Å². The maximum absolute atomic E-state index is 8.51. The number of aliphatic hydroxyl groups excluding tert-OH is 1. The molecule has 3 nitrogen and oxygen atoms in total. The fourth-order valence-electron chi connectivity index (χ4n) is 6.59. The molecule has 0 unspecified atom stereocenters. The second-order valence-corrected chi connectivity index (χ2v) is 15.3. The van der Waals surface area contributed by atoms with Gasteiger partial charge in [-0.3, -0.25) is 0 Å². The maximum Gasteiger partial charge on any atom is 2.00 e. The minimum Gasteiger partial charge on any atom is -1.00 e. The van der Waals surface area contributed by atoms with Crippen molar-refractivity contribution in [1.29, 1.82) is 0 Å². The van der Waals surface area contributed by atoms with Crippen LogP contribution in [0, 0.1) is 0 Å². The zero-order chi connectivity index (χ0) is 36.4. The molecule has 310 valence electrons. The summed E-state index contributed by atoms with van der Waals surface area (Å²) in [7, 11) is 0. The smallest absolute Gasteiger partial charge is 1.00 e. The molecule has 0 saturated heterocycles. The number of hydrogen-bond donors (Lipinski definition) is 1. The molecule has 0 amide bonds. The molecule has 0 heterocycles. The zero-order valence-electron chi connectivity index (χ0n) is 35.7. The normalized spacial score (nSPS) is 10.5. The molecular weight excluding hydrogens is 680 g/mol. The van der Waals surface area contributed by atoms with Gasteiger partial charge in [0.05, 0.1) is 0 Å². The van der Waals surface area contributed by atoms with Crippen LogP contribution in [0.1, 0.15) is 278 Å². The Bertz CT molecular complexity index is 426. The molecule has 0 rings (SSSR count). The largest absolute Gasteiger partial charge is 2.00 e. The average Bonchev–Trinajstić information content (AvgIpc) is 3.12. The van der Waals surface area contributed by atoms with Crippen molar-refractivity contribution in [1.82, 2.24) is 0 Å². The summed E-state index contributed by atoms with van der Waals surface area (Å²) in [6.45, 7) is 8.43. The molecule has 0 aromatic rings. The van der Waals surface area contributed by atoms with Crippen molar-refractivity contribution < 1.29 is 39.2 Å². The first kappa shape index (κ1) is 61.1. The molecule has 3 N–H and O–H groups in total. The summed E-state index contributed by atoms with van der Waals surface area (Å²) < 4.78 is 0. The summed E-state index contributed by atoms with van der Waals surface area (Å²) in [5.74, 6) is 0. The van der Waals surface area contributed by atoms with Crippen molar-refractivity contribution in [2.24, 2.45) is 0 Å². The Balaban J connectivity index is -0.000000211. The fourth-order valence-corrected chi connectivity index (χ4v) is 6.59. The molecule has 5 heteroatoms. The quantitative estimate of drug-likeness (QED) is 0.0488. The van der Waals surface area contributed by atoms with Crippen LogP contribution in [0.25, 0.3) is 11.5 Å². The van der Waals surface area contributed by atoms with Crippen molar-refractivity contribution in [2.75, 3.05) is 19.7 Å². The molecule has 0 aromatic heterocycles. The van der Waals surface area contributed by atoms with Crippen molar-refractivity contribution in [3.8, 4) is 0 Å². The summed E-state index contributed by atoms with van der Waals surface area (Å²) in [5.41, 5.74) is 14.2. The number of nitrogens with one attached hydrogen (secondary N) is 2. The van der Waals surface area contributed by atoms with E-state index in [4.69, 9.17) is 16.6 Å². The average molecular weight is 779 g/mol. The zero-order valence-corrected chi connectivity index (χ0v) is 38.0. The van der Waals surface area contributed by atoms with Gasteiger partial charge in [-0.25, -0.2) is 0 Å². The Morgan fingerprint density at radius 1 is 0.255 bits per heavy atom. The topological polar surface area (TPSA) is 67.8 Å². The summed E-state index contributed by atoms with van der Waals surface area (Å²) >= 11 is 0. The Kier molecular flexibility index (Phi) is 78.8. The van der Waals surface area contributed by atoms with E-state index in [-0.39, 0.29) is 34.1 Å². The summed E-state index contributed by atoms with van der Waals surface area (Å²) in [5, 5.41) is 8.51. The van der Waals surface area contributed by atoms with E-state index >= 15 is 0 Å². The molecule has 0 spiro atoms. The standard InChI is InChI=1S/2C18H38N.C10H22O.ClH.Ti/c2*1-2-3-4-5-6-7-8-9-10-11-12-13-14-15-16-17-18-19;1-2-3-4-5-6-7-8-9-10-11;;/h2*19H,2-18H2,1H3;11H,2-10H2,1H3;1H;/q2*-1;;;+2/p-1. The first-order valence-corrected chi connectivity index (χ1v) is 23.1. The van der Waals surface area contributed by atoms with Crippen LogP contribution in [-0.2, 0) is 21.7 Å². The minimum absolute atomic E-state index is 0. The summed E-state index contributed by atoms with van der Waals surface area (Å²) in [6.07, 6.45) is 55.4. The number of halogens is 1. The number of hydrogen-bond acceptors (Lipinski definition) is 1. The second kappa shape index (κ2) is 65.7. The van der Waals surface area contributed by atoms with Crippen molar-refractivity contribution in [3.63, 3.8) is 0 Å². The van der Waals surface area contributed by atoms with E-state index in [1.54, 1.807) is 0 Å². The van der Waals surface area contributed by atoms with Crippen LogP contribution in [0.2, 0.25) is 0 Å². The van der Waals surface area contributed by atoms with Crippen LogP contribution in [0.5, 0.6) is 0 Å². The van der Waals surface area contributed by atoms with E-state index in [2.05, 4.69) is 20.8 Å². The maximum atomic E-state index is 8.51. The van der Waals surface area contributed by atoms with Crippen LogP contribution in [0.4, 0.5) is 0 Å². The molecule has 0 fully saturated rings. The van der Waals surface area contributed by atoms with Crippen molar-refractivity contribution in [2.45, 2.75) is 278 Å². The van der Waals surface area contributed by atoms with Gasteiger partial charge in [-0.1, -0.05) is 271 Å². The molecule has 51 heavy (non-hydrogen) atoms. The Labute approximate surface area is 346 Å². The predicted molar refractivity (Wildman–Crippen MR) is 227 cm³/mol. The predicted octanol–water partition coefficient (Wildman–Crippen LogP) is 14.7. The monoisotopic (exact) mass is 778 g/mol. The van der Waals surface area contributed by atoms with Gasteiger partial charge >= 0.3 is 21.7 Å². The first-order chi connectivity index (χ1) is 24.2. The third-order valence-electron chi connectivity index (χ3n) is 10.1. The van der Waals surface area contributed by atoms with Crippen LogP contribution >= 0.6 is 0 Å². The molecule has 0 saturated carbocycles. The van der Waals surface area contributed by atoms with E-state index < -0.39 is 0 Å².